The van der Waals surface area contributed by atoms with Gasteiger partial charge in [0.05, 0.1) is 10.8 Å². The van der Waals surface area contributed by atoms with Crippen LogP contribution in [-0.4, -0.2) is 40.6 Å². The van der Waals surface area contributed by atoms with Crippen LogP contribution >= 0.6 is 0 Å². The molecule has 1 unspecified atom stereocenters. The van der Waals surface area contributed by atoms with Crippen molar-refractivity contribution in [1.82, 2.24) is 15.8 Å². The second-order valence-corrected chi connectivity index (χ2v) is 7.72. The number of benzene rings is 2. The zero-order chi connectivity index (χ0) is 22.5. The summed E-state index contributed by atoms with van der Waals surface area (Å²) in [7, 11) is 0. The Hall–Kier alpha value is -3.75. The van der Waals surface area contributed by atoms with Gasteiger partial charge < -0.3 is 4.90 Å². The van der Waals surface area contributed by atoms with Gasteiger partial charge >= 0.3 is 0 Å². The molecule has 1 fully saturated rings. The number of likely N-dealkylation sites (tertiary alicyclic amines) is 1. The van der Waals surface area contributed by atoms with E-state index in [-0.39, 0.29) is 23.7 Å². The smallest absolute Gasteiger partial charge is 0.270 e. The Morgan fingerprint density at radius 2 is 1.74 bits per heavy atom. The van der Waals surface area contributed by atoms with Crippen molar-refractivity contribution in [2.24, 2.45) is 5.92 Å². The van der Waals surface area contributed by atoms with Gasteiger partial charge in [-0.2, -0.15) is 0 Å². The molecule has 0 radical (unpaired) electrons. The molecule has 3 rings (SSSR count). The zero-order valence-corrected chi connectivity index (χ0v) is 17.4. The van der Waals surface area contributed by atoms with Crippen LogP contribution in [0.2, 0.25) is 0 Å². The van der Waals surface area contributed by atoms with Crippen LogP contribution in [0.3, 0.4) is 0 Å². The summed E-state index contributed by atoms with van der Waals surface area (Å²) < 4.78 is 0. The number of non-ortho nitro benzene ring substituents is 1. The molecular formula is C22H24N4O5. The number of hydrazine groups is 1. The molecule has 0 saturated carbocycles. The Balaban J connectivity index is 1.59. The van der Waals surface area contributed by atoms with E-state index in [4.69, 9.17) is 0 Å². The summed E-state index contributed by atoms with van der Waals surface area (Å²) in [6.07, 6.45) is 1.27. The van der Waals surface area contributed by atoms with Gasteiger partial charge in [0.2, 0.25) is 5.91 Å². The Morgan fingerprint density at radius 1 is 1.03 bits per heavy atom. The molecule has 162 valence electrons. The lowest BCUT2D eigenvalue weighted by molar-refractivity contribution is -0.384. The Kier molecular flexibility index (Phi) is 6.64. The lowest BCUT2D eigenvalue weighted by Crippen LogP contribution is -2.50. The van der Waals surface area contributed by atoms with Gasteiger partial charge in [-0.1, -0.05) is 23.3 Å². The maximum absolute atomic E-state index is 12.9. The zero-order valence-electron chi connectivity index (χ0n) is 17.4. The van der Waals surface area contributed by atoms with Gasteiger partial charge in [-0.3, -0.25) is 35.3 Å². The van der Waals surface area contributed by atoms with Crippen molar-refractivity contribution in [3.8, 4) is 0 Å². The van der Waals surface area contributed by atoms with E-state index in [0.29, 0.717) is 24.9 Å². The molecule has 0 aliphatic carbocycles. The second-order valence-electron chi connectivity index (χ2n) is 7.72. The average Bonchev–Trinajstić information content (AvgIpc) is 2.76. The molecule has 1 atom stereocenters. The summed E-state index contributed by atoms with van der Waals surface area (Å²) in [6.45, 7) is 4.68. The van der Waals surface area contributed by atoms with Crippen LogP contribution in [0.15, 0.2) is 42.5 Å². The van der Waals surface area contributed by atoms with E-state index < -0.39 is 22.7 Å². The van der Waals surface area contributed by atoms with E-state index in [9.17, 15) is 24.5 Å². The van der Waals surface area contributed by atoms with Crippen LogP contribution < -0.4 is 10.9 Å². The average molecular weight is 424 g/mol. The minimum absolute atomic E-state index is 0.0600. The van der Waals surface area contributed by atoms with Crippen LogP contribution in [0.5, 0.6) is 0 Å². The van der Waals surface area contributed by atoms with E-state index in [2.05, 4.69) is 10.9 Å². The highest BCUT2D eigenvalue weighted by Crippen LogP contribution is 2.20. The van der Waals surface area contributed by atoms with Gasteiger partial charge in [0.15, 0.2) is 0 Å². The number of hydrogen-bond donors (Lipinski definition) is 2. The van der Waals surface area contributed by atoms with E-state index in [1.807, 2.05) is 32.0 Å². The number of nitrogens with zero attached hydrogens (tertiary/aromatic N) is 2. The fourth-order valence-electron chi connectivity index (χ4n) is 3.71. The molecule has 1 saturated heterocycles. The van der Waals surface area contributed by atoms with Crippen molar-refractivity contribution < 1.29 is 19.3 Å². The third-order valence-electron chi connectivity index (χ3n) is 5.17. The fraction of sp³-hybridized carbons (Fsp3) is 0.318. The third kappa shape index (κ3) is 5.44. The van der Waals surface area contributed by atoms with Crippen LogP contribution in [-0.2, 0) is 4.79 Å². The molecule has 0 bridgehead atoms. The molecule has 1 heterocycles. The van der Waals surface area contributed by atoms with Gasteiger partial charge in [-0.15, -0.1) is 0 Å². The monoisotopic (exact) mass is 424 g/mol. The number of carbonyl (C=O) groups excluding carboxylic acids is 3. The first kappa shape index (κ1) is 21.9. The maximum atomic E-state index is 12.9. The van der Waals surface area contributed by atoms with Gasteiger partial charge in [0.25, 0.3) is 17.5 Å². The lowest BCUT2D eigenvalue weighted by atomic mass is 9.96. The summed E-state index contributed by atoms with van der Waals surface area (Å²) in [6, 6.07) is 10.9. The molecular weight excluding hydrogens is 400 g/mol. The number of nitrogens with one attached hydrogen (secondary N) is 2. The van der Waals surface area contributed by atoms with Crippen molar-refractivity contribution in [2.45, 2.75) is 26.7 Å². The number of aryl methyl sites for hydroxylation is 2. The summed E-state index contributed by atoms with van der Waals surface area (Å²) >= 11 is 0. The standard InChI is InChI=1S/C22H24N4O5/c1-14-9-15(2)11-18(10-14)22(29)25-8-4-6-17(13-25)21(28)24-23-20(27)16-5-3-7-19(12-16)26(30)31/h3,5,7,9-12,17H,4,6,8,13H2,1-2H3,(H,23,27)(H,24,28). The molecule has 3 amide bonds. The van der Waals surface area contributed by atoms with E-state index in [0.717, 1.165) is 17.2 Å². The van der Waals surface area contributed by atoms with Crippen LogP contribution in [0, 0.1) is 29.9 Å². The minimum Gasteiger partial charge on any atom is -0.338 e. The Morgan fingerprint density at radius 3 is 2.42 bits per heavy atom. The van der Waals surface area contributed by atoms with Crippen LogP contribution in [0.4, 0.5) is 5.69 Å². The Labute approximate surface area is 179 Å². The quantitative estimate of drug-likeness (QED) is 0.577. The molecule has 2 aromatic rings. The minimum atomic E-state index is -0.656. The molecule has 2 aromatic carbocycles. The number of carbonyl (C=O) groups is 3. The van der Waals surface area contributed by atoms with E-state index in [1.165, 1.54) is 18.2 Å². The largest absolute Gasteiger partial charge is 0.338 e. The number of amides is 3. The number of hydrogen-bond acceptors (Lipinski definition) is 5. The summed E-state index contributed by atoms with van der Waals surface area (Å²) in [5.41, 5.74) is 7.10. The first-order chi connectivity index (χ1) is 14.7. The number of piperidine rings is 1. The molecule has 0 aromatic heterocycles. The van der Waals surface area contributed by atoms with Gasteiger partial charge in [0.1, 0.15) is 0 Å². The third-order valence-corrected chi connectivity index (χ3v) is 5.17. The van der Waals surface area contributed by atoms with Crippen molar-refractivity contribution in [3.05, 3.63) is 74.8 Å². The van der Waals surface area contributed by atoms with Crippen molar-refractivity contribution in [1.29, 1.82) is 0 Å². The highest BCUT2D eigenvalue weighted by molar-refractivity contribution is 5.97. The SMILES string of the molecule is Cc1cc(C)cc(C(=O)N2CCCC(C(=O)NNC(=O)c3cccc([N+](=O)[O-])c3)C2)c1. The first-order valence-electron chi connectivity index (χ1n) is 9.97. The highest BCUT2D eigenvalue weighted by Gasteiger charge is 2.29. The molecule has 1 aliphatic heterocycles. The number of rotatable bonds is 4. The maximum Gasteiger partial charge on any atom is 0.270 e. The predicted molar refractivity (Wildman–Crippen MR) is 113 cm³/mol. The number of nitro benzene ring substituents is 1. The summed E-state index contributed by atoms with van der Waals surface area (Å²) in [5.74, 6) is -1.65. The summed E-state index contributed by atoms with van der Waals surface area (Å²) in [4.78, 5) is 49.5. The molecule has 9 heteroatoms. The molecule has 1 aliphatic rings. The van der Waals surface area contributed by atoms with Gasteiger partial charge in [-0.05, 0) is 44.9 Å². The highest BCUT2D eigenvalue weighted by atomic mass is 16.6. The van der Waals surface area contributed by atoms with Crippen LogP contribution in [0.1, 0.15) is 44.7 Å². The predicted octanol–water partition coefficient (Wildman–Crippen LogP) is 2.53. The molecule has 2 N–H and O–H groups in total. The van der Waals surface area contributed by atoms with E-state index in [1.54, 1.807) is 4.90 Å². The molecule has 31 heavy (non-hydrogen) atoms. The van der Waals surface area contributed by atoms with Crippen molar-refractivity contribution in [3.63, 3.8) is 0 Å². The van der Waals surface area contributed by atoms with Gasteiger partial charge in [0, 0.05) is 36.3 Å². The van der Waals surface area contributed by atoms with Gasteiger partial charge in [-0.25, -0.2) is 0 Å². The lowest BCUT2D eigenvalue weighted by Gasteiger charge is -2.32. The number of nitro groups is 1. The Bertz CT molecular complexity index is 1020. The molecule has 9 nitrogen and oxygen atoms in total. The first-order valence-corrected chi connectivity index (χ1v) is 9.97. The van der Waals surface area contributed by atoms with E-state index >= 15 is 0 Å². The second kappa shape index (κ2) is 9.38. The summed E-state index contributed by atoms with van der Waals surface area (Å²) in [5, 5.41) is 10.8. The topological polar surface area (TPSA) is 122 Å². The van der Waals surface area contributed by atoms with Crippen LogP contribution in [0.25, 0.3) is 0 Å². The normalized spacial score (nSPS) is 15.8. The molecule has 0 spiro atoms. The van der Waals surface area contributed by atoms with Crippen molar-refractivity contribution in [2.75, 3.05) is 13.1 Å². The van der Waals surface area contributed by atoms with Crippen molar-refractivity contribution >= 4 is 23.4 Å². The fourth-order valence-corrected chi connectivity index (χ4v) is 3.71.